The first-order valence-corrected chi connectivity index (χ1v) is 11.2. The molecule has 6 heteroatoms. The standard InChI is InChI=1S/C27H23Cl2NO3/c1-31-26-16-20(15-25(29)27(26)32-18-19-7-9-21(28)10-8-19)17-30-22-11-13-24(14-12-22)33-23-5-3-2-4-6-23/h2-16,30H,17-18H2,1H3. The van der Waals surface area contributed by atoms with Gasteiger partial charge in [-0.1, -0.05) is 53.5 Å². The lowest BCUT2D eigenvalue weighted by Gasteiger charge is -2.15. The number of hydrogen-bond acceptors (Lipinski definition) is 4. The average Bonchev–Trinajstić information content (AvgIpc) is 2.84. The van der Waals surface area contributed by atoms with Crippen molar-refractivity contribution in [3.8, 4) is 23.0 Å². The van der Waals surface area contributed by atoms with Crippen LogP contribution in [0.1, 0.15) is 11.1 Å². The monoisotopic (exact) mass is 479 g/mol. The third-order valence-corrected chi connectivity index (χ3v) is 5.45. The van der Waals surface area contributed by atoms with Crippen LogP contribution in [0.15, 0.2) is 91.0 Å². The van der Waals surface area contributed by atoms with Gasteiger partial charge in [-0.3, -0.25) is 0 Å². The van der Waals surface area contributed by atoms with Crippen LogP contribution < -0.4 is 19.5 Å². The van der Waals surface area contributed by atoms with E-state index in [1.807, 2.05) is 91.0 Å². The summed E-state index contributed by atoms with van der Waals surface area (Å²) in [4.78, 5) is 0. The Bertz CT molecular complexity index is 1180. The molecule has 4 aromatic rings. The van der Waals surface area contributed by atoms with Gasteiger partial charge in [0.1, 0.15) is 18.1 Å². The lowest BCUT2D eigenvalue weighted by atomic mass is 10.2. The van der Waals surface area contributed by atoms with E-state index in [0.717, 1.165) is 28.3 Å². The minimum Gasteiger partial charge on any atom is -0.493 e. The maximum Gasteiger partial charge on any atom is 0.180 e. The fourth-order valence-corrected chi connectivity index (χ4v) is 3.63. The molecular formula is C27H23Cl2NO3. The highest BCUT2D eigenvalue weighted by molar-refractivity contribution is 6.32. The van der Waals surface area contributed by atoms with Gasteiger partial charge in [-0.25, -0.2) is 0 Å². The fraction of sp³-hybridized carbons (Fsp3) is 0.111. The SMILES string of the molecule is COc1cc(CNc2ccc(Oc3ccccc3)cc2)cc(Cl)c1OCc1ccc(Cl)cc1. The fourth-order valence-electron chi connectivity index (χ4n) is 3.22. The Morgan fingerprint density at radius 2 is 1.45 bits per heavy atom. The Hall–Kier alpha value is -3.34. The number of nitrogens with one attached hydrogen (secondary N) is 1. The molecular weight excluding hydrogens is 457 g/mol. The highest BCUT2D eigenvalue weighted by Gasteiger charge is 2.13. The molecule has 0 aromatic heterocycles. The largest absolute Gasteiger partial charge is 0.493 e. The van der Waals surface area contributed by atoms with Crippen LogP contribution in [0.3, 0.4) is 0 Å². The van der Waals surface area contributed by atoms with Crippen LogP contribution in [0, 0.1) is 0 Å². The normalized spacial score (nSPS) is 10.5. The van der Waals surface area contributed by atoms with Crippen LogP contribution in [-0.4, -0.2) is 7.11 Å². The van der Waals surface area contributed by atoms with E-state index in [4.69, 9.17) is 37.4 Å². The molecule has 33 heavy (non-hydrogen) atoms. The second-order valence-electron chi connectivity index (χ2n) is 7.32. The second kappa shape index (κ2) is 11.0. The zero-order valence-corrected chi connectivity index (χ0v) is 19.6. The van der Waals surface area contributed by atoms with Gasteiger partial charge >= 0.3 is 0 Å². The first-order valence-electron chi connectivity index (χ1n) is 10.4. The molecule has 0 saturated heterocycles. The molecule has 0 amide bonds. The number of halogens is 2. The number of para-hydroxylation sites is 1. The van der Waals surface area contributed by atoms with Crippen LogP contribution >= 0.6 is 23.2 Å². The van der Waals surface area contributed by atoms with Crippen molar-refractivity contribution in [1.82, 2.24) is 0 Å². The number of rotatable bonds is 9. The van der Waals surface area contributed by atoms with Crippen molar-refractivity contribution in [2.45, 2.75) is 13.2 Å². The van der Waals surface area contributed by atoms with E-state index in [2.05, 4.69) is 5.32 Å². The van der Waals surface area contributed by atoms with Gasteiger partial charge in [-0.2, -0.15) is 0 Å². The van der Waals surface area contributed by atoms with E-state index in [1.165, 1.54) is 0 Å². The summed E-state index contributed by atoms with van der Waals surface area (Å²) in [5.41, 5.74) is 2.93. The molecule has 1 N–H and O–H groups in total. The van der Waals surface area contributed by atoms with E-state index in [1.54, 1.807) is 7.11 Å². The number of hydrogen-bond donors (Lipinski definition) is 1. The maximum atomic E-state index is 6.51. The van der Waals surface area contributed by atoms with Crippen LogP contribution in [0.4, 0.5) is 5.69 Å². The Balaban J connectivity index is 1.38. The third-order valence-electron chi connectivity index (χ3n) is 4.92. The van der Waals surface area contributed by atoms with Gasteiger partial charge in [0, 0.05) is 17.3 Å². The zero-order valence-electron chi connectivity index (χ0n) is 18.1. The molecule has 0 aliphatic heterocycles. The molecule has 0 radical (unpaired) electrons. The summed E-state index contributed by atoms with van der Waals surface area (Å²) in [6.07, 6.45) is 0. The minimum atomic E-state index is 0.363. The van der Waals surface area contributed by atoms with E-state index in [9.17, 15) is 0 Å². The van der Waals surface area contributed by atoms with E-state index in [0.29, 0.717) is 34.7 Å². The van der Waals surface area contributed by atoms with Crippen LogP contribution in [-0.2, 0) is 13.2 Å². The molecule has 4 aromatic carbocycles. The Kier molecular flexibility index (Phi) is 7.61. The average molecular weight is 480 g/mol. The Morgan fingerprint density at radius 3 is 2.15 bits per heavy atom. The van der Waals surface area contributed by atoms with Crippen molar-refractivity contribution in [1.29, 1.82) is 0 Å². The summed E-state index contributed by atoms with van der Waals surface area (Å²) < 4.78 is 17.3. The van der Waals surface area contributed by atoms with Crippen molar-refractivity contribution >= 4 is 28.9 Å². The molecule has 0 bridgehead atoms. The smallest absolute Gasteiger partial charge is 0.180 e. The molecule has 0 spiro atoms. The molecule has 4 nitrogen and oxygen atoms in total. The van der Waals surface area contributed by atoms with Gasteiger partial charge in [0.15, 0.2) is 11.5 Å². The van der Waals surface area contributed by atoms with Gasteiger partial charge in [0.25, 0.3) is 0 Å². The number of benzene rings is 4. The van der Waals surface area contributed by atoms with Gasteiger partial charge in [0.2, 0.25) is 0 Å². The predicted octanol–water partition coefficient (Wildman–Crippen LogP) is 7.99. The minimum absolute atomic E-state index is 0.363. The first kappa shape index (κ1) is 22.8. The van der Waals surface area contributed by atoms with Crippen molar-refractivity contribution in [3.63, 3.8) is 0 Å². The highest BCUT2D eigenvalue weighted by atomic mass is 35.5. The number of methoxy groups -OCH3 is 1. The summed E-state index contributed by atoms with van der Waals surface area (Å²) in [5.74, 6) is 2.68. The van der Waals surface area contributed by atoms with Crippen molar-refractivity contribution in [2.24, 2.45) is 0 Å². The Labute approximate surface area is 203 Å². The summed E-state index contributed by atoms with van der Waals surface area (Å²) in [6.45, 7) is 0.939. The highest BCUT2D eigenvalue weighted by Crippen LogP contribution is 2.37. The van der Waals surface area contributed by atoms with Crippen LogP contribution in [0.5, 0.6) is 23.0 Å². The zero-order chi connectivity index (χ0) is 23.0. The second-order valence-corrected chi connectivity index (χ2v) is 8.16. The van der Waals surface area contributed by atoms with E-state index in [-0.39, 0.29) is 0 Å². The third kappa shape index (κ3) is 6.35. The maximum absolute atomic E-state index is 6.51. The Morgan fingerprint density at radius 1 is 0.758 bits per heavy atom. The topological polar surface area (TPSA) is 39.7 Å². The predicted molar refractivity (Wildman–Crippen MR) is 134 cm³/mol. The van der Waals surface area contributed by atoms with Crippen molar-refractivity contribution in [2.75, 3.05) is 12.4 Å². The van der Waals surface area contributed by atoms with Gasteiger partial charge in [-0.15, -0.1) is 0 Å². The summed E-state index contributed by atoms with van der Waals surface area (Å²) in [6, 6.07) is 28.8. The molecule has 0 unspecified atom stereocenters. The molecule has 168 valence electrons. The number of anilines is 1. The molecule has 0 aliphatic carbocycles. The van der Waals surface area contributed by atoms with Crippen molar-refractivity contribution in [3.05, 3.63) is 112 Å². The van der Waals surface area contributed by atoms with E-state index >= 15 is 0 Å². The lowest BCUT2D eigenvalue weighted by Crippen LogP contribution is -2.02. The lowest BCUT2D eigenvalue weighted by molar-refractivity contribution is 0.284. The summed E-state index contributed by atoms with van der Waals surface area (Å²) >= 11 is 12.5. The number of ether oxygens (including phenoxy) is 3. The van der Waals surface area contributed by atoms with Gasteiger partial charge < -0.3 is 19.5 Å². The molecule has 0 fully saturated rings. The first-order chi connectivity index (χ1) is 16.1. The molecule has 4 rings (SSSR count). The van der Waals surface area contributed by atoms with Gasteiger partial charge in [0.05, 0.1) is 12.1 Å². The quantitative estimate of drug-likeness (QED) is 0.264. The van der Waals surface area contributed by atoms with E-state index < -0.39 is 0 Å². The molecule has 0 heterocycles. The van der Waals surface area contributed by atoms with Gasteiger partial charge in [-0.05, 0) is 71.8 Å². The summed E-state index contributed by atoms with van der Waals surface area (Å²) in [7, 11) is 1.60. The van der Waals surface area contributed by atoms with Crippen LogP contribution in [0.25, 0.3) is 0 Å². The molecule has 0 atom stereocenters. The van der Waals surface area contributed by atoms with Crippen LogP contribution in [0.2, 0.25) is 10.0 Å². The summed E-state index contributed by atoms with van der Waals surface area (Å²) in [5, 5.41) is 4.57. The van der Waals surface area contributed by atoms with Crippen molar-refractivity contribution < 1.29 is 14.2 Å². The molecule has 0 aliphatic rings. The molecule has 0 saturated carbocycles.